The number of nitrogens with zero attached hydrogens (tertiary/aromatic N) is 5. The van der Waals surface area contributed by atoms with Crippen molar-refractivity contribution in [2.75, 3.05) is 0 Å². The highest BCUT2D eigenvalue weighted by atomic mass is 15.0. The Morgan fingerprint density at radius 2 is 0.485 bits per heavy atom. The molecule has 3 aliphatic rings. The molecular formula is C63H41N5. The Kier molecular flexibility index (Phi) is 9.57. The Balaban J connectivity index is 0.851. The Morgan fingerprint density at radius 3 is 0.941 bits per heavy atom. The summed E-state index contributed by atoms with van der Waals surface area (Å²) in [5.41, 5.74) is 20.5. The Hall–Kier alpha value is -8.93. The normalized spacial score (nSPS) is 14.2. The fraction of sp³-hybridized carbons (Fsp3) is 0.0317. The van der Waals surface area contributed by atoms with Gasteiger partial charge in [0.05, 0.1) is 11.4 Å². The van der Waals surface area contributed by atoms with Gasteiger partial charge in [0.1, 0.15) is 0 Å². The van der Waals surface area contributed by atoms with E-state index in [0.29, 0.717) is 23.3 Å². The molecule has 9 aromatic carbocycles. The largest absolute Gasteiger partial charge is 0.228 e. The van der Waals surface area contributed by atoms with Gasteiger partial charge in [0.25, 0.3) is 0 Å². The number of benzene rings is 9. The van der Waals surface area contributed by atoms with Crippen LogP contribution in [0.1, 0.15) is 45.2 Å². The topological polar surface area (TPSA) is 64.5 Å². The van der Waals surface area contributed by atoms with E-state index < -0.39 is 0 Å². The summed E-state index contributed by atoms with van der Waals surface area (Å²) < 4.78 is 0. The molecule has 0 saturated heterocycles. The van der Waals surface area contributed by atoms with Crippen LogP contribution < -0.4 is 0 Å². The number of aromatic nitrogens is 5. The average molecular weight is 868 g/mol. The van der Waals surface area contributed by atoms with Crippen LogP contribution in [0.2, 0.25) is 0 Å². The SMILES string of the molecule is c1ccc(-c2ccc(-c3cc(-c4ccc(-c5ccc6c(c5)C5c7ccccc7C6c6cc(-c7nc(-c8ccccc8)nc(-c8ccccc8)n7)ccc65)cc4)nc(-c4ccccc4)n3)cc2)cc1. The number of hydrogen-bond acceptors (Lipinski definition) is 5. The highest BCUT2D eigenvalue weighted by Crippen LogP contribution is 2.56. The molecule has 11 aromatic rings. The molecule has 2 atom stereocenters. The molecule has 2 unspecified atom stereocenters. The monoisotopic (exact) mass is 867 g/mol. The van der Waals surface area contributed by atoms with Gasteiger partial charge in [-0.05, 0) is 73.8 Å². The van der Waals surface area contributed by atoms with Crippen LogP contribution in [-0.4, -0.2) is 24.9 Å². The van der Waals surface area contributed by atoms with Crippen molar-refractivity contribution in [2.45, 2.75) is 11.8 Å². The molecule has 0 saturated carbocycles. The van der Waals surface area contributed by atoms with Crippen molar-refractivity contribution in [1.82, 2.24) is 24.9 Å². The molecule has 318 valence electrons. The molecule has 0 spiro atoms. The lowest BCUT2D eigenvalue weighted by atomic mass is 9.60. The minimum Gasteiger partial charge on any atom is -0.228 e. The quantitative estimate of drug-likeness (QED) is 0.152. The zero-order valence-electron chi connectivity index (χ0n) is 36.9. The van der Waals surface area contributed by atoms with E-state index in [4.69, 9.17) is 24.9 Å². The summed E-state index contributed by atoms with van der Waals surface area (Å²) in [6.07, 6.45) is 0. The van der Waals surface area contributed by atoms with Crippen LogP contribution in [-0.2, 0) is 0 Å². The van der Waals surface area contributed by atoms with Gasteiger partial charge in [0.2, 0.25) is 0 Å². The van der Waals surface area contributed by atoms with Gasteiger partial charge in [0.15, 0.2) is 23.3 Å². The number of hydrogen-bond donors (Lipinski definition) is 0. The fourth-order valence-corrected chi connectivity index (χ4v) is 10.2. The van der Waals surface area contributed by atoms with Crippen LogP contribution in [0.5, 0.6) is 0 Å². The Morgan fingerprint density at radius 1 is 0.191 bits per heavy atom. The van der Waals surface area contributed by atoms with Crippen LogP contribution in [0.15, 0.2) is 237 Å². The third-order valence-corrected chi connectivity index (χ3v) is 13.6. The predicted molar refractivity (Wildman–Crippen MR) is 274 cm³/mol. The summed E-state index contributed by atoms with van der Waals surface area (Å²) in [6.45, 7) is 0. The van der Waals surface area contributed by atoms with E-state index in [-0.39, 0.29) is 11.8 Å². The zero-order valence-corrected chi connectivity index (χ0v) is 36.9. The summed E-state index contributed by atoms with van der Waals surface area (Å²) in [5.74, 6) is 2.88. The molecule has 0 radical (unpaired) electrons. The second-order valence-corrected chi connectivity index (χ2v) is 17.6. The standard InChI is InChI=1S/C63H41N5/c1-5-15-40(16-6-1)41-25-29-43(30-26-41)56-39-57(65-60(64-56)45-17-7-2-8-18-45)44-31-27-42(28-32-44)48-33-35-52-54(37-48)58-50-23-13-14-24-51(50)59(52)55-38-49(34-36-53(55)58)63-67-61(46-19-9-3-10-20-46)66-62(68-63)47-21-11-4-12-22-47/h1-39,58-59H. The summed E-state index contributed by atoms with van der Waals surface area (Å²) in [5, 5.41) is 0. The van der Waals surface area contributed by atoms with E-state index in [2.05, 4.69) is 176 Å². The zero-order chi connectivity index (χ0) is 45.0. The third kappa shape index (κ3) is 7.00. The minimum atomic E-state index is 0.0851. The first-order valence-corrected chi connectivity index (χ1v) is 23.1. The van der Waals surface area contributed by atoms with Crippen LogP contribution >= 0.6 is 0 Å². The van der Waals surface area contributed by atoms with Crippen molar-refractivity contribution >= 4 is 0 Å². The van der Waals surface area contributed by atoms with Gasteiger partial charge in [-0.15, -0.1) is 0 Å². The molecule has 0 N–H and O–H groups in total. The van der Waals surface area contributed by atoms with Gasteiger partial charge in [0, 0.05) is 45.2 Å². The molecule has 0 fully saturated rings. The van der Waals surface area contributed by atoms with E-state index in [1.807, 2.05) is 60.7 Å². The van der Waals surface area contributed by atoms with Crippen LogP contribution in [0.25, 0.3) is 90.3 Å². The number of rotatable bonds is 8. The van der Waals surface area contributed by atoms with Gasteiger partial charge in [-0.2, -0.15) is 0 Å². The van der Waals surface area contributed by atoms with Crippen molar-refractivity contribution in [2.24, 2.45) is 0 Å². The first-order valence-electron chi connectivity index (χ1n) is 23.1. The van der Waals surface area contributed by atoms with Crippen LogP contribution in [0.4, 0.5) is 0 Å². The maximum absolute atomic E-state index is 5.13. The van der Waals surface area contributed by atoms with E-state index >= 15 is 0 Å². The Bertz CT molecular complexity index is 3590. The van der Waals surface area contributed by atoms with Crippen LogP contribution in [0, 0.1) is 0 Å². The minimum absolute atomic E-state index is 0.0851. The molecule has 2 bridgehead atoms. The van der Waals surface area contributed by atoms with E-state index in [1.165, 1.54) is 50.1 Å². The van der Waals surface area contributed by atoms with Crippen molar-refractivity contribution in [3.05, 3.63) is 270 Å². The van der Waals surface area contributed by atoms with Crippen LogP contribution in [0.3, 0.4) is 0 Å². The summed E-state index contributed by atoms with van der Waals surface area (Å²) in [7, 11) is 0. The van der Waals surface area contributed by atoms with Crippen molar-refractivity contribution < 1.29 is 0 Å². The van der Waals surface area contributed by atoms with Gasteiger partial charge in [-0.25, -0.2) is 24.9 Å². The van der Waals surface area contributed by atoms with E-state index in [0.717, 1.165) is 50.3 Å². The lowest BCUT2D eigenvalue weighted by molar-refractivity contribution is 0.755. The van der Waals surface area contributed by atoms with Gasteiger partial charge in [-0.1, -0.05) is 218 Å². The fourth-order valence-electron chi connectivity index (χ4n) is 10.2. The lowest BCUT2D eigenvalue weighted by Crippen LogP contribution is -2.27. The molecule has 2 heterocycles. The molecule has 5 heteroatoms. The first kappa shape index (κ1) is 39.4. The summed E-state index contributed by atoms with van der Waals surface area (Å²) in [6, 6.07) is 83.6. The first-order chi connectivity index (χ1) is 33.7. The average Bonchev–Trinajstić information content (AvgIpc) is 3.43. The molecule has 5 nitrogen and oxygen atoms in total. The van der Waals surface area contributed by atoms with Gasteiger partial charge < -0.3 is 0 Å². The molecule has 0 aliphatic heterocycles. The predicted octanol–water partition coefficient (Wildman–Crippen LogP) is 15.0. The van der Waals surface area contributed by atoms with Gasteiger partial charge in [-0.3, -0.25) is 0 Å². The second-order valence-electron chi connectivity index (χ2n) is 17.6. The van der Waals surface area contributed by atoms with Crippen molar-refractivity contribution in [1.29, 1.82) is 0 Å². The highest BCUT2D eigenvalue weighted by Gasteiger charge is 2.41. The molecular weight excluding hydrogens is 827 g/mol. The second kappa shape index (κ2) is 16.5. The van der Waals surface area contributed by atoms with E-state index in [1.54, 1.807) is 0 Å². The summed E-state index contributed by atoms with van der Waals surface area (Å²) >= 11 is 0. The maximum Gasteiger partial charge on any atom is 0.164 e. The highest BCUT2D eigenvalue weighted by molar-refractivity contribution is 5.79. The molecule has 14 rings (SSSR count). The molecule has 3 aliphatic carbocycles. The van der Waals surface area contributed by atoms with Crippen molar-refractivity contribution in [3.63, 3.8) is 0 Å². The maximum atomic E-state index is 5.13. The Labute approximate surface area is 395 Å². The van der Waals surface area contributed by atoms with Crippen molar-refractivity contribution in [3.8, 4) is 90.3 Å². The smallest absolute Gasteiger partial charge is 0.164 e. The molecule has 2 aromatic heterocycles. The van der Waals surface area contributed by atoms with E-state index in [9.17, 15) is 0 Å². The lowest BCUT2D eigenvalue weighted by Gasteiger charge is -2.42. The van der Waals surface area contributed by atoms with Gasteiger partial charge >= 0.3 is 0 Å². The molecule has 0 amide bonds. The summed E-state index contributed by atoms with van der Waals surface area (Å²) in [4.78, 5) is 25.3. The third-order valence-electron chi connectivity index (χ3n) is 13.6. The molecule has 68 heavy (non-hydrogen) atoms.